The Morgan fingerprint density at radius 2 is 1.85 bits per heavy atom. The number of hydrogen-bond acceptors (Lipinski definition) is 3. The highest BCUT2D eigenvalue weighted by molar-refractivity contribution is 5.38. The minimum absolute atomic E-state index is 0.240. The van der Waals surface area contributed by atoms with Crippen LogP contribution in [0.2, 0.25) is 0 Å². The molecule has 0 fully saturated rings. The van der Waals surface area contributed by atoms with Crippen molar-refractivity contribution in [3.63, 3.8) is 0 Å². The van der Waals surface area contributed by atoms with E-state index in [1.54, 1.807) is 41.2 Å². The quantitative estimate of drug-likeness (QED) is 0.683. The van der Waals surface area contributed by atoms with Crippen molar-refractivity contribution in [1.29, 1.82) is 0 Å². The lowest BCUT2D eigenvalue weighted by atomic mass is 10.3. The van der Waals surface area contributed by atoms with Crippen molar-refractivity contribution in [2.75, 3.05) is 5.73 Å². The third-order valence-corrected chi connectivity index (χ3v) is 1.72. The Morgan fingerprint density at radius 3 is 2.38 bits per heavy atom. The van der Waals surface area contributed by atoms with Gasteiger partial charge in [-0.05, 0) is 24.3 Å². The first-order chi connectivity index (χ1) is 6.25. The van der Waals surface area contributed by atoms with Gasteiger partial charge < -0.3 is 10.8 Å². The molecule has 0 radical (unpaired) electrons. The number of rotatable bonds is 1. The predicted octanol–water partition coefficient (Wildman–Crippen LogP) is 1.16. The summed E-state index contributed by atoms with van der Waals surface area (Å²) in [6, 6.07) is 8.46. The van der Waals surface area contributed by atoms with Gasteiger partial charge in [-0.25, -0.2) is 4.68 Å². The Hall–Kier alpha value is -1.97. The zero-order chi connectivity index (χ0) is 9.26. The summed E-state index contributed by atoms with van der Waals surface area (Å²) >= 11 is 0. The molecule has 0 aliphatic heterocycles. The lowest BCUT2D eigenvalue weighted by molar-refractivity contribution is 0.475. The topological polar surface area (TPSA) is 64.1 Å². The monoisotopic (exact) mass is 175 g/mol. The number of nitrogens with zero attached hydrogens (tertiary/aromatic N) is 2. The fourth-order valence-corrected chi connectivity index (χ4v) is 1.09. The predicted molar refractivity (Wildman–Crippen MR) is 49.6 cm³/mol. The summed E-state index contributed by atoms with van der Waals surface area (Å²) < 4.78 is 1.65. The highest BCUT2D eigenvalue weighted by Crippen LogP contribution is 2.13. The summed E-state index contributed by atoms with van der Waals surface area (Å²) in [6.45, 7) is 0. The number of anilines is 1. The molecule has 2 rings (SSSR count). The van der Waals surface area contributed by atoms with Crippen LogP contribution in [0.3, 0.4) is 0 Å². The van der Waals surface area contributed by atoms with Gasteiger partial charge >= 0.3 is 0 Å². The van der Waals surface area contributed by atoms with Crippen LogP contribution < -0.4 is 5.73 Å². The van der Waals surface area contributed by atoms with Crippen LogP contribution in [0, 0.1) is 0 Å². The maximum absolute atomic E-state index is 9.05. The second-order valence-electron chi connectivity index (χ2n) is 2.70. The molecule has 0 unspecified atom stereocenters. The van der Waals surface area contributed by atoms with Crippen molar-refractivity contribution < 1.29 is 5.11 Å². The standard InChI is InChI=1S/C9H9N3O/c10-9-5-6-12(11-9)7-1-3-8(13)4-2-7/h1-6,13H,(H2,10,11). The number of aromatic hydroxyl groups is 1. The number of phenols is 1. The highest BCUT2D eigenvalue weighted by atomic mass is 16.3. The number of phenolic OH excluding ortho intramolecular Hbond substituents is 1. The van der Waals surface area contributed by atoms with E-state index in [1.165, 1.54) is 0 Å². The molecular weight excluding hydrogens is 166 g/mol. The van der Waals surface area contributed by atoms with Crippen molar-refractivity contribution in [2.45, 2.75) is 0 Å². The molecule has 0 saturated carbocycles. The average Bonchev–Trinajstić information content (AvgIpc) is 2.53. The zero-order valence-corrected chi connectivity index (χ0v) is 6.88. The zero-order valence-electron chi connectivity index (χ0n) is 6.88. The third-order valence-electron chi connectivity index (χ3n) is 1.72. The van der Waals surface area contributed by atoms with Crippen LogP contribution in [0.1, 0.15) is 0 Å². The van der Waals surface area contributed by atoms with Crippen LogP contribution in [0.5, 0.6) is 5.75 Å². The normalized spacial score (nSPS) is 10.2. The summed E-state index contributed by atoms with van der Waals surface area (Å²) in [7, 11) is 0. The van der Waals surface area contributed by atoms with Gasteiger partial charge in [0, 0.05) is 12.3 Å². The number of benzene rings is 1. The molecule has 66 valence electrons. The van der Waals surface area contributed by atoms with E-state index >= 15 is 0 Å². The Balaban J connectivity index is 2.41. The van der Waals surface area contributed by atoms with Crippen LogP contribution in [0.15, 0.2) is 36.5 Å². The number of nitrogen functional groups attached to an aromatic ring is 1. The lowest BCUT2D eigenvalue weighted by Gasteiger charge is -1.99. The first-order valence-electron chi connectivity index (χ1n) is 3.86. The molecule has 3 N–H and O–H groups in total. The minimum atomic E-state index is 0.240. The number of aromatic nitrogens is 2. The van der Waals surface area contributed by atoms with Gasteiger partial charge in [0.25, 0.3) is 0 Å². The molecule has 0 spiro atoms. The number of hydrogen-bond donors (Lipinski definition) is 2. The molecule has 13 heavy (non-hydrogen) atoms. The molecule has 4 nitrogen and oxygen atoms in total. The van der Waals surface area contributed by atoms with Crippen LogP contribution in [-0.4, -0.2) is 14.9 Å². The largest absolute Gasteiger partial charge is 0.508 e. The molecule has 0 bridgehead atoms. The van der Waals surface area contributed by atoms with E-state index in [2.05, 4.69) is 5.10 Å². The van der Waals surface area contributed by atoms with E-state index < -0.39 is 0 Å². The molecule has 1 aromatic heterocycles. The molecule has 0 saturated heterocycles. The molecule has 1 aromatic carbocycles. The van der Waals surface area contributed by atoms with Crippen molar-refractivity contribution in [3.8, 4) is 11.4 Å². The van der Waals surface area contributed by atoms with Crippen molar-refractivity contribution in [1.82, 2.24) is 9.78 Å². The molecule has 0 aliphatic carbocycles. The molecule has 0 amide bonds. The average molecular weight is 175 g/mol. The van der Waals surface area contributed by atoms with Gasteiger partial charge in [-0.3, -0.25) is 0 Å². The first kappa shape index (κ1) is 7.67. The fourth-order valence-electron chi connectivity index (χ4n) is 1.09. The summed E-state index contributed by atoms with van der Waals surface area (Å²) in [5.41, 5.74) is 6.33. The van der Waals surface area contributed by atoms with Gasteiger partial charge in [0.05, 0.1) is 5.69 Å². The van der Waals surface area contributed by atoms with Gasteiger partial charge in [-0.15, -0.1) is 0 Å². The fraction of sp³-hybridized carbons (Fsp3) is 0. The lowest BCUT2D eigenvalue weighted by Crippen LogP contribution is -1.95. The van der Waals surface area contributed by atoms with Crippen molar-refractivity contribution >= 4 is 5.82 Å². The van der Waals surface area contributed by atoms with Gasteiger partial charge in [0.1, 0.15) is 11.6 Å². The molecule has 0 aliphatic rings. The Kier molecular flexibility index (Phi) is 1.66. The van der Waals surface area contributed by atoms with E-state index in [1.807, 2.05) is 0 Å². The van der Waals surface area contributed by atoms with Gasteiger partial charge in [-0.1, -0.05) is 0 Å². The van der Waals surface area contributed by atoms with Gasteiger partial charge in [-0.2, -0.15) is 5.10 Å². The second kappa shape index (κ2) is 2.82. The molecule has 0 atom stereocenters. The van der Waals surface area contributed by atoms with Crippen LogP contribution in [-0.2, 0) is 0 Å². The minimum Gasteiger partial charge on any atom is -0.508 e. The first-order valence-corrected chi connectivity index (χ1v) is 3.86. The van der Waals surface area contributed by atoms with E-state index in [0.29, 0.717) is 5.82 Å². The third kappa shape index (κ3) is 1.46. The van der Waals surface area contributed by atoms with Crippen LogP contribution >= 0.6 is 0 Å². The summed E-state index contributed by atoms with van der Waals surface area (Å²) in [5, 5.41) is 13.1. The molecular formula is C9H9N3O. The molecule has 2 aromatic rings. The van der Waals surface area contributed by atoms with Crippen LogP contribution in [0.4, 0.5) is 5.82 Å². The smallest absolute Gasteiger partial charge is 0.145 e. The van der Waals surface area contributed by atoms with Gasteiger partial charge in [0.2, 0.25) is 0 Å². The van der Waals surface area contributed by atoms with E-state index in [-0.39, 0.29) is 5.75 Å². The van der Waals surface area contributed by atoms with Crippen molar-refractivity contribution in [3.05, 3.63) is 36.5 Å². The number of nitrogens with two attached hydrogens (primary N) is 1. The summed E-state index contributed by atoms with van der Waals surface area (Å²) in [6.07, 6.45) is 1.77. The van der Waals surface area contributed by atoms with Gasteiger partial charge in [0.15, 0.2) is 0 Å². The maximum Gasteiger partial charge on any atom is 0.145 e. The van der Waals surface area contributed by atoms with E-state index in [4.69, 9.17) is 10.8 Å². The Bertz CT molecular complexity index is 405. The second-order valence-corrected chi connectivity index (χ2v) is 2.70. The van der Waals surface area contributed by atoms with E-state index in [9.17, 15) is 0 Å². The SMILES string of the molecule is Nc1ccn(-c2ccc(O)cc2)n1. The van der Waals surface area contributed by atoms with E-state index in [0.717, 1.165) is 5.69 Å². The molecule has 4 heteroatoms. The summed E-state index contributed by atoms with van der Waals surface area (Å²) in [4.78, 5) is 0. The van der Waals surface area contributed by atoms with Crippen molar-refractivity contribution in [2.24, 2.45) is 0 Å². The Labute approximate surface area is 75.2 Å². The maximum atomic E-state index is 9.05. The molecule has 1 heterocycles. The summed E-state index contributed by atoms with van der Waals surface area (Å²) in [5.74, 6) is 0.719. The highest BCUT2D eigenvalue weighted by Gasteiger charge is 1.97. The van der Waals surface area contributed by atoms with Crippen LogP contribution in [0.25, 0.3) is 5.69 Å². The Morgan fingerprint density at radius 1 is 1.15 bits per heavy atom.